The van der Waals surface area contributed by atoms with Gasteiger partial charge in [-0.1, -0.05) is 26.2 Å². The van der Waals surface area contributed by atoms with Gasteiger partial charge in [0.2, 0.25) is 0 Å². The smallest absolute Gasteiger partial charge is 0.0680 e. The molecule has 0 aliphatic heterocycles. The van der Waals surface area contributed by atoms with Gasteiger partial charge in [0.1, 0.15) is 0 Å². The van der Waals surface area contributed by atoms with Crippen molar-refractivity contribution in [1.29, 1.82) is 0 Å². The lowest BCUT2D eigenvalue weighted by atomic mass is 10.0. The van der Waals surface area contributed by atoms with Crippen LogP contribution >= 0.6 is 11.3 Å². The number of aryl methyl sites for hydroxylation is 3. The van der Waals surface area contributed by atoms with E-state index in [4.69, 9.17) is 0 Å². The largest absolute Gasteiger partial charge is 0.282 e. The second kappa shape index (κ2) is 6.19. The van der Waals surface area contributed by atoms with Crippen molar-refractivity contribution in [1.82, 2.24) is 10.2 Å². The minimum Gasteiger partial charge on any atom is -0.282 e. The van der Waals surface area contributed by atoms with E-state index in [1.807, 2.05) is 11.3 Å². The van der Waals surface area contributed by atoms with E-state index in [9.17, 15) is 0 Å². The third kappa shape index (κ3) is 2.83. The van der Waals surface area contributed by atoms with E-state index in [1.165, 1.54) is 53.8 Å². The molecule has 2 rings (SSSR count). The molecule has 0 aromatic carbocycles. The van der Waals surface area contributed by atoms with Crippen LogP contribution in [-0.4, -0.2) is 10.2 Å². The van der Waals surface area contributed by atoms with Gasteiger partial charge in [0, 0.05) is 16.1 Å². The Bertz CT molecular complexity index is 477. The first-order valence-electron chi connectivity index (χ1n) is 6.82. The number of thiophene rings is 1. The van der Waals surface area contributed by atoms with Gasteiger partial charge < -0.3 is 0 Å². The molecular weight excluding hydrogens is 240 g/mol. The standard InChI is InChI=1S/C15H22N2S/c1-4-5-6-7-8-13-9-10-18-15(13)14-11(2)16-17-12(14)3/h9-10H,4-8H2,1-3H3,(H,16,17). The van der Waals surface area contributed by atoms with Gasteiger partial charge in [-0.25, -0.2) is 0 Å². The minimum absolute atomic E-state index is 1.12. The summed E-state index contributed by atoms with van der Waals surface area (Å²) < 4.78 is 0. The van der Waals surface area contributed by atoms with Gasteiger partial charge in [-0.15, -0.1) is 11.3 Å². The maximum absolute atomic E-state index is 4.30. The normalized spacial score (nSPS) is 11.1. The molecule has 0 aliphatic rings. The Hall–Kier alpha value is -1.09. The zero-order valence-electron chi connectivity index (χ0n) is 11.5. The summed E-state index contributed by atoms with van der Waals surface area (Å²) >= 11 is 1.84. The van der Waals surface area contributed by atoms with Crippen LogP contribution in [0.5, 0.6) is 0 Å². The van der Waals surface area contributed by atoms with Gasteiger partial charge in [0.25, 0.3) is 0 Å². The number of H-pyrrole nitrogens is 1. The molecule has 0 saturated heterocycles. The van der Waals surface area contributed by atoms with Crippen LogP contribution < -0.4 is 0 Å². The molecule has 0 fully saturated rings. The quantitative estimate of drug-likeness (QED) is 0.739. The first-order chi connectivity index (χ1) is 8.74. The van der Waals surface area contributed by atoms with Crippen molar-refractivity contribution in [2.75, 3.05) is 0 Å². The summed E-state index contributed by atoms with van der Waals surface area (Å²) in [5, 5.41) is 9.59. The predicted octanol–water partition coefficient (Wildman–Crippen LogP) is 4.88. The second-order valence-corrected chi connectivity index (χ2v) is 5.81. The van der Waals surface area contributed by atoms with Gasteiger partial charge in [0.05, 0.1) is 5.69 Å². The van der Waals surface area contributed by atoms with Gasteiger partial charge in [0.15, 0.2) is 0 Å². The van der Waals surface area contributed by atoms with Crippen molar-refractivity contribution in [3.8, 4) is 10.4 Å². The van der Waals surface area contributed by atoms with Crippen LogP contribution in [0.2, 0.25) is 0 Å². The number of hydrogen-bond acceptors (Lipinski definition) is 2. The van der Waals surface area contributed by atoms with Crippen molar-refractivity contribution in [3.05, 3.63) is 28.4 Å². The summed E-state index contributed by atoms with van der Waals surface area (Å²) in [5.41, 5.74) is 5.11. The Balaban J connectivity index is 2.13. The van der Waals surface area contributed by atoms with Crippen molar-refractivity contribution >= 4 is 11.3 Å². The topological polar surface area (TPSA) is 28.7 Å². The highest BCUT2D eigenvalue weighted by atomic mass is 32.1. The van der Waals surface area contributed by atoms with Crippen LogP contribution in [0.25, 0.3) is 10.4 Å². The van der Waals surface area contributed by atoms with Crippen LogP contribution in [0.1, 0.15) is 49.6 Å². The molecule has 0 amide bonds. The number of unbranched alkanes of at least 4 members (excludes halogenated alkanes) is 3. The Labute approximate surface area is 113 Å². The monoisotopic (exact) mass is 262 g/mol. The first kappa shape index (κ1) is 13.3. The fourth-order valence-electron chi connectivity index (χ4n) is 2.38. The molecule has 0 spiro atoms. The second-order valence-electron chi connectivity index (χ2n) is 4.89. The van der Waals surface area contributed by atoms with E-state index in [1.54, 1.807) is 0 Å². The molecule has 2 aromatic rings. The zero-order valence-corrected chi connectivity index (χ0v) is 12.4. The van der Waals surface area contributed by atoms with Crippen molar-refractivity contribution < 1.29 is 0 Å². The fourth-order valence-corrected chi connectivity index (χ4v) is 3.49. The average Bonchev–Trinajstić information content (AvgIpc) is 2.92. The highest BCUT2D eigenvalue weighted by Crippen LogP contribution is 2.34. The highest BCUT2D eigenvalue weighted by Gasteiger charge is 2.14. The molecular formula is C15H22N2S. The minimum atomic E-state index is 1.12. The Morgan fingerprint density at radius 2 is 2.06 bits per heavy atom. The Kier molecular flexibility index (Phi) is 4.59. The molecule has 2 aromatic heterocycles. The number of nitrogens with zero attached hydrogens (tertiary/aromatic N) is 1. The van der Waals surface area contributed by atoms with Crippen LogP contribution in [0.15, 0.2) is 11.4 Å². The van der Waals surface area contributed by atoms with Gasteiger partial charge in [-0.3, -0.25) is 5.10 Å². The van der Waals surface area contributed by atoms with E-state index in [0.717, 1.165) is 5.69 Å². The lowest BCUT2D eigenvalue weighted by Gasteiger charge is -2.04. The van der Waals surface area contributed by atoms with Gasteiger partial charge in [-0.05, 0) is 43.7 Å². The molecule has 0 atom stereocenters. The Morgan fingerprint density at radius 3 is 2.72 bits per heavy atom. The summed E-state index contributed by atoms with van der Waals surface area (Å²) in [4.78, 5) is 1.41. The van der Waals surface area contributed by atoms with Crippen LogP contribution in [0.3, 0.4) is 0 Å². The third-order valence-corrected chi connectivity index (χ3v) is 4.38. The van der Waals surface area contributed by atoms with E-state index >= 15 is 0 Å². The van der Waals surface area contributed by atoms with Crippen LogP contribution in [0.4, 0.5) is 0 Å². The molecule has 0 unspecified atom stereocenters. The lowest BCUT2D eigenvalue weighted by Crippen LogP contribution is -1.88. The molecule has 2 heterocycles. The molecule has 0 saturated carbocycles. The first-order valence-corrected chi connectivity index (χ1v) is 7.70. The molecule has 0 bridgehead atoms. The molecule has 1 N–H and O–H groups in total. The maximum atomic E-state index is 4.30. The van der Waals surface area contributed by atoms with E-state index in [-0.39, 0.29) is 0 Å². The summed E-state index contributed by atoms with van der Waals surface area (Å²) in [7, 11) is 0. The summed E-state index contributed by atoms with van der Waals surface area (Å²) in [6.07, 6.45) is 6.49. The number of rotatable bonds is 6. The van der Waals surface area contributed by atoms with E-state index in [0.29, 0.717) is 0 Å². The van der Waals surface area contributed by atoms with Gasteiger partial charge in [-0.2, -0.15) is 5.10 Å². The molecule has 3 heteroatoms. The summed E-state index contributed by atoms with van der Waals surface area (Å²) in [5.74, 6) is 0. The van der Waals surface area contributed by atoms with Crippen LogP contribution in [0, 0.1) is 13.8 Å². The molecule has 2 nitrogen and oxygen atoms in total. The average molecular weight is 262 g/mol. The van der Waals surface area contributed by atoms with Crippen LogP contribution in [-0.2, 0) is 6.42 Å². The van der Waals surface area contributed by atoms with Crippen molar-refractivity contribution in [3.63, 3.8) is 0 Å². The number of aromatic nitrogens is 2. The predicted molar refractivity (Wildman–Crippen MR) is 79.2 cm³/mol. The van der Waals surface area contributed by atoms with Crippen molar-refractivity contribution in [2.45, 2.75) is 52.9 Å². The number of aromatic amines is 1. The molecule has 98 valence electrons. The molecule has 18 heavy (non-hydrogen) atoms. The number of hydrogen-bond donors (Lipinski definition) is 1. The SMILES string of the molecule is CCCCCCc1ccsc1-c1c(C)n[nH]c1C. The summed E-state index contributed by atoms with van der Waals surface area (Å²) in [6, 6.07) is 2.28. The Morgan fingerprint density at radius 1 is 1.22 bits per heavy atom. The van der Waals surface area contributed by atoms with Crippen molar-refractivity contribution in [2.24, 2.45) is 0 Å². The summed E-state index contributed by atoms with van der Waals surface area (Å²) in [6.45, 7) is 6.45. The van der Waals surface area contributed by atoms with E-state index in [2.05, 4.69) is 42.4 Å². The third-order valence-electron chi connectivity index (χ3n) is 3.40. The zero-order chi connectivity index (χ0) is 13.0. The maximum Gasteiger partial charge on any atom is 0.0680 e. The lowest BCUT2D eigenvalue weighted by molar-refractivity contribution is 0.668. The molecule has 0 aliphatic carbocycles. The number of nitrogens with one attached hydrogen (secondary N) is 1. The van der Waals surface area contributed by atoms with Gasteiger partial charge >= 0.3 is 0 Å². The fraction of sp³-hybridized carbons (Fsp3) is 0.533. The highest BCUT2D eigenvalue weighted by molar-refractivity contribution is 7.13. The molecule has 0 radical (unpaired) electrons. The van der Waals surface area contributed by atoms with E-state index < -0.39 is 0 Å².